The molecule has 1 aromatic heterocycles. The topological polar surface area (TPSA) is 90.4 Å². The molecule has 0 bridgehead atoms. The first-order chi connectivity index (χ1) is 20.7. The Kier molecular flexibility index (Phi) is 9.22. The summed E-state index contributed by atoms with van der Waals surface area (Å²) in [7, 11) is 4.92. The smallest absolute Gasteiger partial charge is 0.407 e. The Hall–Kier alpha value is -4.08. The van der Waals surface area contributed by atoms with Gasteiger partial charge in [-0.05, 0) is 67.1 Å². The van der Waals surface area contributed by atoms with Crippen molar-refractivity contribution in [2.45, 2.75) is 44.3 Å². The summed E-state index contributed by atoms with van der Waals surface area (Å²) in [5.74, 6) is 0.524. The van der Waals surface area contributed by atoms with Gasteiger partial charge in [0, 0.05) is 54.1 Å². The van der Waals surface area contributed by atoms with E-state index in [0.717, 1.165) is 38.9 Å². The molecule has 3 amide bonds. The molecule has 1 aliphatic carbocycles. The zero-order valence-corrected chi connectivity index (χ0v) is 25.9. The molecule has 0 spiro atoms. The van der Waals surface area contributed by atoms with Gasteiger partial charge in [-0.1, -0.05) is 48.0 Å². The summed E-state index contributed by atoms with van der Waals surface area (Å²) in [6, 6.07) is 21.2. The van der Waals surface area contributed by atoms with E-state index >= 15 is 0 Å². The lowest BCUT2D eigenvalue weighted by molar-refractivity contribution is -0.107. The van der Waals surface area contributed by atoms with Crippen molar-refractivity contribution in [2.75, 3.05) is 26.1 Å². The van der Waals surface area contributed by atoms with Crippen LogP contribution in [-0.2, 0) is 11.3 Å². The van der Waals surface area contributed by atoms with Gasteiger partial charge in [-0.15, -0.1) is 11.3 Å². The molecule has 43 heavy (non-hydrogen) atoms. The van der Waals surface area contributed by atoms with Gasteiger partial charge in [0.2, 0.25) is 6.41 Å². The molecule has 0 atom stereocenters. The number of carbonyl (C=O) groups excluding carboxylic acids is 2. The Bertz CT molecular complexity index is 1630. The molecule has 3 aromatic carbocycles. The molecule has 0 unspecified atom stereocenters. The Morgan fingerprint density at radius 3 is 2.26 bits per heavy atom. The van der Waals surface area contributed by atoms with Crippen LogP contribution in [0.2, 0.25) is 5.02 Å². The first-order valence-corrected chi connectivity index (χ1v) is 15.3. The number of fused-ring (bicyclic) bond motifs is 1. The summed E-state index contributed by atoms with van der Waals surface area (Å²) in [4.78, 5) is 42.3. The van der Waals surface area contributed by atoms with E-state index in [1.165, 1.54) is 21.1 Å². The van der Waals surface area contributed by atoms with Crippen molar-refractivity contribution in [3.8, 4) is 16.9 Å². The molecular weight excluding hydrogens is 586 g/mol. The van der Waals surface area contributed by atoms with E-state index in [-0.39, 0.29) is 18.0 Å². The summed E-state index contributed by atoms with van der Waals surface area (Å²) < 4.78 is 6.69. The Balaban J connectivity index is 1.49. The number of hydrogen-bond acceptors (Lipinski definition) is 5. The standard InChI is InChI=1S/C33H34ClN3O5S/c1-35(20-38)24-11-8-21(9-12-24)22-10-17-28(42-3)23(18-22)19-37(26-15-13-25(14-16-26)36(2)33(40)41)32(39)31-30(34)27-6-4-5-7-29(27)43-31/h4-12,17-18,20,25-26H,13-16,19H2,1-3H3,(H,40,41). The summed E-state index contributed by atoms with van der Waals surface area (Å²) in [5, 5.41) is 10.8. The SMILES string of the molecule is COc1ccc(-c2ccc(N(C)C=O)cc2)cc1CN(C(=O)c1sc2ccccc2c1Cl)C1CCC(N(C)C(=O)O)CC1. The number of carboxylic acid groups (broad SMARTS) is 1. The van der Waals surface area contributed by atoms with Gasteiger partial charge in [0.15, 0.2) is 0 Å². The molecule has 0 aliphatic heterocycles. The van der Waals surface area contributed by atoms with Gasteiger partial charge in [-0.25, -0.2) is 4.79 Å². The predicted molar refractivity (Wildman–Crippen MR) is 171 cm³/mol. The molecule has 0 saturated heterocycles. The highest BCUT2D eigenvalue weighted by molar-refractivity contribution is 7.21. The predicted octanol–water partition coefficient (Wildman–Crippen LogP) is 7.39. The third-order valence-corrected chi connectivity index (χ3v) is 10.00. The largest absolute Gasteiger partial charge is 0.496 e. The summed E-state index contributed by atoms with van der Waals surface area (Å²) in [6.45, 7) is 0.302. The van der Waals surface area contributed by atoms with Crippen molar-refractivity contribution in [1.82, 2.24) is 9.80 Å². The van der Waals surface area contributed by atoms with Crippen LogP contribution in [-0.4, -0.2) is 66.6 Å². The number of rotatable bonds is 9. The molecule has 224 valence electrons. The molecule has 1 saturated carbocycles. The van der Waals surface area contributed by atoms with Crippen LogP contribution in [0.5, 0.6) is 5.75 Å². The fourth-order valence-electron chi connectivity index (χ4n) is 5.78. The summed E-state index contributed by atoms with van der Waals surface area (Å²) in [5.41, 5.74) is 3.56. The number of carbonyl (C=O) groups is 3. The lowest BCUT2D eigenvalue weighted by Gasteiger charge is -2.39. The monoisotopic (exact) mass is 619 g/mol. The minimum Gasteiger partial charge on any atom is -0.496 e. The fraction of sp³-hybridized carbons (Fsp3) is 0.303. The zero-order chi connectivity index (χ0) is 30.7. The number of halogens is 1. The molecule has 8 nitrogen and oxygen atoms in total. The van der Waals surface area contributed by atoms with Crippen LogP contribution < -0.4 is 9.64 Å². The van der Waals surface area contributed by atoms with E-state index in [1.54, 1.807) is 21.2 Å². The number of ether oxygens (including phenoxy) is 1. The van der Waals surface area contributed by atoms with Gasteiger partial charge in [0.1, 0.15) is 10.6 Å². The molecule has 1 fully saturated rings. The van der Waals surface area contributed by atoms with Crippen molar-refractivity contribution in [1.29, 1.82) is 0 Å². The van der Waals surface area contributed by atoms with Crippen molar-refractivity contribution in [3.63, 3.8) is 0 Å². The number of benzene rings is 3. The Labute approximate surface area is 260 Å². The van der Waals surface area contributed by atoms with Gasteiger partial charge in [0.25, 0.3) is 5.91 Å². The van der Waals surface area contributed by atoms with E-state index in [1.807, 2.05) is 71.6 Å². The minimum atomic E-state index is -0.944. The maximum atomic E-state index is 14.3. The number of amides is 3. The van der Waals surface area contributed by atoms with Gasteiger partial charge in [-0.3, -0.25) is 9.59 Å². The summed E-state index contributed by atoms with van der Waals surface area (Å²) in [6.07, 6.45) is 2.49. The Morgan fingerprint density at radius 2 is 1.63 bits per heavy atom. The van der Waals surface area contributed by atoms with Crippen molar-refractivity contribution in [2.24, 2.45) is 0 Å². The van der Waals surface area contributed by atoms with Crippen LogP contribution in [0.25, 0.3) is 21.2 Å². The van der Waals surface area contributed by atoms with Gasteiger partial charge < -0.3 is 24.5 Å². The van der Waals surface area contributed by atoms with Crippen molar-refractivity contribution in [3.05, 3.63) is 82.2 Å². The number of thiophene rings is 1. The Morgan fingerprint density at radius 1 is 0.977 bits per heavy atom. The first-order valence-electron chi connectivity index (χ1n) is 14.1. The number of methoxy groups -OCH3 is 1. The highest BCUT2D eigenvalue weighted by atomic mass is 35.5. The van der Waals surface area contributed by atoms with Crippen molar-refractivity contribution < 1.29 is 24.2 Å². The molecule has 1 heterocycles. The van der Waals surface area contributed by atoms with Crippen LogP contribution in [0.3, 0.4) is 0 Å². The second-order valence-electron chi connectivity index (χ2n) is 10.8. The maximum absolute atomic E-state index is 14.3. The molecule has 5 rings (SSSR count). The van der Waals surface area contributed by atoms with E-state index in [9.17, 15) is 19.5 Å². The van der Waals surface area contributed by atoms with E-state index in [4.69, 9.17) is 16.3 Å². The normalized spacial score (nSPS) is 16.5. The van der Waals surface area contributed by atoms with E-state index < -0.39 is 6.09 Å². The quantitative estimate of drug-likeness (QED) is 0.197. The maximum Gasteiger partial charge on any atom is 0.407 e. The van der Waals surface area contributed by atoms with Gasteiger partial charge >= 0.3 is 6.09 Å². The average molecular weight is 620 g/mol. The molecule has 10 heteroatoms. The first kappa shape index (κ1) is 30.4. The third-order valence-electron chi connectivity index (χ3n) is 8.33. The zero-order valence-electron chi connectivity index (χ0n) is 24.3. The highest BCUT2D eigenvalue weighted by Gasteiger charge is 2.34. The molecule has 1 aliphatic rings. The second kappa shape index (κ2) is 13.1. The second-order valence-corrected chi connectivity index (χ2v) is 12.3. The van der Waals surface area contributed by atoms with E-state index in [0.29, 0.717) is 47.9 Å². The van der Waals surface area contributed by atoms with Crippen LogP contribution in [0.15, 0.2) is 66.7 Å². The average Bonchev–Trinajstić information content (AvgIpc) is 3.38. The molecular formula is C33H34ClN3O5S. The van der Waals surface area contributed by atoms with Gasteiger partial charge in [-0.2, -0.15) is 0 Å². The number of anilines is 1. The molecule has 4 aromatic rings. The van der Waals surface area contributed by atoms with Crippen LogP contribution in [0.4, 0.5) is 10.5 Å². The lowest BCUT2D eigenvalue weighted by Crippen LogP contribution is -2.46. The third kappa shape index (κ3) is 6.33. The van der Waals surface area contributed by atoms with Crippen LogP contribution in [0.1, 0.15) is 40.9 Å². The summed E-state index contributed by atoms with van der Waals surface area (Å²) >= 11 is 8.18. The fourth-order valence-corrected chi connectivity index (χ4v) is 7.25. The highest BCUT2D eigenvalue weighted by Crippen LogP contribution is 2.39. The van der Waals surface area contributed by atoms with E-state index in [2.05, 4.69) is 0 Å². The van der Waals surface area contributed by atoms with Gasteiger partial charge in [0.05, 0.1) is 12.1 Å². The minimum absolute atomic E-state index is 0.0855. The molecule has 0 radical (unpaired) electrons. The van der Waals surface area contributed by atoms with Crippen LogP contribution in [0, 0.1) is 0 Å². The lowest BCUT2D eigenvalue weighted by atomic mass is 9.89. The number of hydrogen-bond donors (Lipinski definition) is 1. The number of nitrogens with zero attached hydrogens (tertiary/aromatic N) is 3. The van der Waals surface area contributed by atoms with Crippen LogP contribution >= 0.6 is 22.9 Å². The van der Waals surface area contributed by atoms with Crippen molar-refractivity contribution >= 4 is 57.1 Å². The molecule has 1 N–H and O–H groups in total.